The molecule has 4 N–H and O–H groups in total. The lowest BCUT2D eigenvalue weighted by atomic mass is 9.99. The van der Waals surface area contributed by atoms with Crippen LogP contribution in [0.25, 0.3) is 0 Å². The Morgan fingerprint density at radius 3 is 2.43 bits per heavy atom. The number of nitrogens with one attached hydrogen (secondary N) is 2. The molecule has 4 nitrogen and oxygen atoms in total. The molecule has 0 heterocycles. The Hall–Kier alpha value is -1.76. The van der Waals surface area contributed by atoms with Gasteiger partial charge < -0.3 is 10.7 Å². The summed E-state index contributed by atoms with van der Waals surface area (Å²) in [7, 11) is 0. The molecule has 0 aliphatic heterocycles. The van der Waals surface area contributed by atoms with Crippen molar-refractivity contribution in [2.45, 2.75) is 44.3 Å². The van der Waals surface area contributed by atoms with Crippen molar-refractivity contribution in [2.75, 3.05) is 5.43 Å². The van der Waals surface area contributed by atoms with Gasteiger partial charge in [0.1, 0.15) is 0 Å². The van der Waals surface area contributed by atoms with Crippen molar-refractivity contribution in [2.24, 2.45) is 5.84 Å². The fourth-order valence-electron chi connectivity index (χ4n) is 2.76. The highest BCUT2D eigenvalue weighted by atomic mass is 19.4. The number of anilines is 1. The van der Waals surface area contributed by atoms with Crippen molar-refractivity contribution >= 4 is 11.6 Å². The van der Waals surface area contributed by atoms with Crippen LogP contribution in [0.15, 0.2) is 18.2 Å². The minimum Gasteiger partial charge on any atom is -0.347 e. The molecule has 0 atom stereocenters. The zero-order chi connectivity index (χ0) is 15.7. The minimum atomic E-state index is -4.57. The predicted molar refractivity (Wildman–Crippen MR) is 73.6 cm³/mol. The van der Waals surface area contributed by atoms with E-state index in [9.17, 15) is 18.0 Å². The quantitative estimate of drug-likeness (QED) is 0.594. The number of rotatable bonds is 3. The van der Waals surface area contributed by atoms with E-state index in [2.05, 4.69) is 5.32 Å². The molecule has 1 fully saturated rings. The number of hydrazine groups is 1. The van der Waals surface area contributed by atoms with Crippen LogP contribution in [-0.4, -0.2) is 11.4 Å². The van der Waals surface area contributed by atoms with Crippen LogP contribution in [0.5, 0.6) is 0 Å². The van der Waals surface area contributed by atoms with E-state index in [1.165, 1.54) is 12.1 Å². The lowest BCUT2D eigenvalue weighted by Crippen LogP contribution is -2.44. The van der Waals surface area contributed by atoms with Crippen molar-refractivity contribution in [3.05, 3.63) is 29.3 Å². The van der Waals surface area contributed by atoms with Gasteiger partial charge in [0.25, 0.3) is 5.91 Å². The van der Waals surface area contributed by atoms with E-state index in [-0.39, 0.29) is 11.1 Å². The van der Waals surface area contributed by atoms with Gasteiger partial charge >= 0.3 is 6.18 Å². The van der Waals surface area contributed by atoms with Crippen LogP contribution in [0.3, 0.4) is 0 Å². The number of hydrogen-bond donors (Lipinski definition) is 3. The fraction of sp³-hybridized carbons (Fsp3) is 0.500. The second-order valence-corrected chi connectivity index (χ2v) is 5.59. The Kier molecular flexibility index (Phi) is 4.13. The first-order valence-corrected chi connectivity index (χ1v) is 6.76. The summed E-state index contributed by atoms with van der Waals surface area (Å²) < 4.78 is 38.8. The summed E-state index contributed by atoms with van der Waals surface area (Å²) in [4.78, 5) is 12.3. The van der Waals surface area contributed by atoms with Gasteiger partial charge in [0.05, 0.1) is 16.8 Å². The summed E-state index contributed by atoms with van der Waals surface area (Å²) in [6.07, 6.45) is -0.926. The van der Waals surface area contributed by atoms with E-state index >= 15 is 0 Å². The van der Waals surface area contributed by atoms with Crippen LogP contribution in [-0.2, 0) is 6.18 Å². The maximum Gasteiger partial charge on any atom is 0.418 e. The molecule has 1 aliphatic carbocycles. The number of para-hydroxylation sites is 1. The second-order valence-electron chi connectivity index (χ2n) is 5.59. The summed E-state index contributed by atoms with van der Waals surface area (Å²) in [5, 5.41) is 2.82. The van der Waals surface area contributed by atoms with Gasteiger partial charge in [0.15, 0.2) is 0 Å². The highest BCUT2D eigenvalue weighted by Gasteiger charge is 2.36. The van der Waals surface area contributed by atoms with Crippen molar-refractivity contribution in [1.82, 2.24) is 5.32 Å². The highest BCUT2D eigenvalue weighted by molar-refractivity contribution is 6.00. The van der Waals surface area contributed by atoms with Crippen molar-refractivity contribution in [3.63, 3.8) is 0 Å². The van der Waals surface area contributed by atoms with Crippen LogP contribution in [0.4, 0.5) is 18.9 Å². The smallest absolute Gasteiger partial charge is 0.347 e. The van der Waals surface area contributed by atoms with Gasteiger partial charge in [0.2, 0.25) is 0 Å². The van der Waals surface area contributed by atoms with E-state index in [4.69, 9.17) is 5.84 Å². The van der Waals surface area contributed by atoms with Crippen LogP contribution >= 0.6 is 0 Å². The molecule has 0 bridgehead atoms. The first kappa shape index (κ1) is 15.6. The molecule has 1 saturated carbocycles. The number of hydrogen-bond acceptors (Lipinski definition) is 3. The molecular formula is C14H18F3N3O. The summed E-state index contributed by atoms with van der Waals surface area (Å²) in [6, 6.07) is 3.43. The number of nitrogens with two attached hydrogens (primary N) is 1. The molecule has 1 amide bonds. The number of carbonyl (C=O) groups excluding carboxylic acids is 1. The summed E-state index contributed by atoms with van der Waals surface area (Å²) in [6.45, 7) is 1.90. The number of amides is 1. The molecule has 0 unspecified atom stereocenters. The zero-order valence-electron chi connectivity index (χ0n) is 11.7. The first-order valence-electron chi connectivity index (χ1n) is 6.76. The van der Waals surface area contributed by atoms with E-state index in [0.717, 1.165) is 31.7 Å². The average Bonchev–Trinajstić information content (AvgIpc) is 2.83. The molecule has 0 spiro atoms. The van der Waals surface area contributed by atoms with Crippen molar-refractivity contribution < 1.29 is 18.0 Å². The largest absolute Gasteiger partial charge is 0.418 e. The third-order valence-electron chi connectivity index (χ3n) is 3.88. The van der Waals surface area contributed by atoms with Gasteiger partial charge in [-0.15, -0.1) is 0 Å². The Morgan fingerprint density at radius 2 is 1.90 bits per heavy atom. The van der Waals surface area contributed by atoms with Gasteiger partial charge in [-0.3, -0.25) is 10.6 Å². The number of nitrogen functional groups attached to an aromatic ring is 1. The maximum atomic E-state index is 12.9. The van der Waals surface area contributed by atoms with Gasteiger partial charge in [0, 0.05) is 5.54 Å². The molecule has 21 heavy (non-hydrogen) atoms. The molecule has 2 rings (SSSR count). The third-order valence-corrected chi connectivity index (χ3v) is 3.88. The van der Waals surface area contributed by atoms with Gasteiger partial charge in [-0.2, -0.15) is 13.2 Å². The molecule has 0 saturated heterocycles. The standard InChI is InChI=1S/C14H18F3N3O/c1-13(7-2-3-8-13)19-12(21)9-5-4-6-10(11(9)20-18)14(15,16)17/h4-6,20H,2-3,7-8,18H2,1H3,(H,19,21). The summed E-state index contributed by atoms with van der Waals surface area (Å²) >= 11 is 0. The highest BCUT2D eigenvalue weighted by Crippen LogP contribution is 2.36. The average molecular weight is 301 g/mol. The Balaban J connectivity index is 2.33. The lowest BCUT2D eigenvalue weighted by molar-refractivity contribution is -0.137. The van der Waals surface area contributed by atoms with Crippen LogP contribution < -0.4 is 16.6 Å². The Bertz CT molecular complexity index is 537. The third kappa shape index (κ3) is 3.29. The predicted octanol–water partition coefficient (Wildman–Crippen LogP) is 3.05. The maximum absolute atomic E-state index is 12.9. The van der Waals surface area contributed by atoms with Gasteiger partial charge in [-0.25, -0.2) is 0 Å². The molecule has 0 radical (unpaired) electrons. The first-order chi connectivity index (χ1) is 9.77. The molecule has 1 aliphatic rings. The molecule has 0 aromatic heterocycles. The molecular weight excluding hydrogens is 283 g/mol. The fourth-order valence-corrected chi connectivity index (χ4v) is 2.76. The SMILES string of the molecule is CC1(NC(=O)c2cccc(C(F)(F)F)c2NN)CCCC1. The van der Waals surface area contributed by atoms with E-state index in [1.54, 1.807) is 0 Å². The number of alkyl halides is 3. The zero-order valence-corrected chi connectivity index (χ0v) is 11.7. The molecule has 7 heteroatoms. The van der Waals surface area contributed by atoms with E-state index in [0.29, 0.717) is 0 Å². The topological polar surface area (TPSA) is 67.2 Å². The van der Waals surface area contributed by atoms with Crippen LogP contribution in [0.2, 0.25) is 0 Å². The molecule has 116 valence electrons. The normalized spacial score (nSPS) is 17.6. The second kappa shape index (κ2) is 5.55. The van der Waals surface area contributed by atoms with Gasteiger partial charge in [-0.1, -0.05) is 18.9 Å². The monoisotopic (exact) mass is 301 g/mol. The Labute approximate surface area is 120 Å². The van der Waals surface area contributed by atoms with Gasteiger partial charge in [-0.05, 0) is 31.9 Å². The lowest BCUT2D eigenvalue weighted by Gasteiger charge is -2.26. The minimum absolute atomic E-state index is 0.0968. The van der Waals surface area contributed by atoms with Crippen LogP contribution in [0.1, 0.15) is 48.5 Å². The molecule has 1 aromatic rings. The number of halogens is 3. The van der Waals surface area contributed by atoms with E-state index < -0.39 is 23.3 Å². The van der Waals surface area contributed by atoms with Crippen LogP contribution in [0, 0.1) is 0 Å². The summed E-state index contributed by atoms with van der Waals surface area (Å²) in [5.74, 6) is 4.65. The number of benzene rings is 1. The summed E-state index contributed by atoms with van der Waals surface area (Å²) in [5.41, 5.74) is 0.199. The van der Waals surface area contributed by atoms with Crippen molar-refractivity contribution in [3.8, 4) is 0 Å². The number of carbonyl (C=O) groups is 1. The molecule has 1 aromatic carbocycles. The Morgan fingerprint density at radius 1 is 1.29 bits per heavy atom. The van der Waals surface area contributed by atoms with Crippen molar-refractivity contribution in [1.29, 1.82) is 0 Å². The van der Waals surface area contributed by atoms with E-state index in [1.807, 2.05) is 12.3 Å².